The average molecular weight is 736 g/mol. The molecule has 0 fully saturated rings. The number of carbonyl (C=O) groups excluding carboxylic acids is 2. The molecule has 0 amide bonds. The monoisotopic (exact) mass is 735 g/mol. The number of rotatable bonds is 15. The largest absolute Gasteiger partial charge is 1.00 e. The predicted octanol–water partition coefficient (Wildman–Crippen LogP) is 4.52. The Kier molecular flexibility index (Phi) is 26.5. The Morgan fingerprint density at radius 2 is 1.40 bits per heavy atom. The Labute approximate surface area is 295 Å². The Balaban J connectivity index is -0.000000700. The first-order valence-electron chi connectivity index (χ1n) is 12.5. The summed E-state index contributed by atoms with van der Waals surface area (Å²) in [6, 6.07) is 4.32. The number of ether oxygens (including phenoxy) is 1. The molecule has 0 aromatic heterocycles. The van der Waals surface area contributed by atoms with Crippen molar-refractivity contribution in [3.05, 3.63) is 34.0 Å². The topological polar surface area (TPSA) is 164 Å². The van der Waals surface area contributed by atoms with Crippen LogP contribution in [0.15, 0.2) is 29.2 Å². The first-order valence-corrected chi connectivity index (χ1v) is 18.2. The predicted molar refractivity (Wildman–Crippen MR) is 178 cm³/mol. The van der Waals surface area contributed by atoms with Gasteiger partial charge in [0, 0.05) is 12.0 Å². The maximum atomic E-state index is 13.2. The number of sulfonamides is 2. The van der Waals surface area contributed by atoms with E-state index in [1.54, 1.807) is 40.8 Å². The third-order valence-corrected chi connectivity index (χ3v) is 11.4. The molecule has 1 aromatic carbocycles. The second-order valence-electron chi connectivity index (χ2n) is 10.6. The van der Waals surface area contributed by atoms with Crippen LogP contribution in [0.2, 0.25) is 13.1 Å². The fourth-order valence-corrected chi connectivity index (χ4v) is 7.08. The number of hydrogen-bond acceptors (Lipinski definition) is 10. The molecule has 0 bridgehead atoms. The van der Waals surface area contributed by atoms with Gasteiger partial charge in [0.2, 0.25) is 0 Å². The summed E-state index contributed by atoms with van der Waals surface area (Å²) < 4.78 is 103. The Bertz CT molecular complexity index is 1300. The fourth-order valence-electron chi connectivity index (χ4n) is 4.11. The van der Waals surface area contributed by atoms with Gasteiger partial charge in [-0.2, -0.15) is 13.2 Å². The molecule has 0 saturated heterocycles. The summed E-state index contributed by atoms with van der Waals surface area (Å²) in [6.07, 6.45) is 0.358. The SMILES string of the molecule is C.C.C.C.C.CCC(C)(CC(C)(CC(C)c1ccc(S(=O)(=O)[N-]S(=O)(=O)C(F)(F)F)cc1)C(=O)OCCO)C(=O)O[Si](C)(C)OC.[Li+]. The van der Waals surface area contributed by atoms with Gasteiger partial charge < -0.3 is 22.8 Å². The Hall–Kier alpha value is -1.46. The van der Waals surface area contributed by atoms with Crippen LogP contribution in [0.3, 0.4) is 0 Å². The quantitative estimate of drug-likeness (QED) is 0.200. The van der Waals surface area contributed by atoms with Gasteiger partial charge in [0.1, 0.15) is 16.6 Å². The minimum absolute atomic E-state index is 0. The van der Waals surface area contributed by atoms with Gasteiger partial charge >= 0.3 is 38.9 Å². The number of benzene rings is 1. The molecule has 0 spiro atoms. The average Bonchev–Trinajstić information content (AvgIpc) is 2.85. The number of nitrogens with zero attached hydrogens (tertiary/aromatic N) is 1. The van der Waals surface area contributed by atoms with Crippen molar-refractivity contribution in [1.29, 1.82) is 0 Å². The van der Waals surface area contributed by atoms with E-state index in [1.165, 1.54) is 19.2 Å². The van der Waals surface area contributed by atoms with Gasteiger partial charge in [-0.05, 0) is 69.8 Å². The van der Waals surface area contributed by atoms with E-state index >= 15 is 0 Å². The van der Waals surface area contributed by atoms with Gasteiger partial charge in [-0.3, -0.25) is 9.59 Å². The first-order chi connectivity index (χ1) is 18.5. The number of esters is 1. The third-order valence-electron chi connectivity index (χ3n) is 6.69. The summed E-state index contributed by atoms with van der Waals surface area (Å²) in [5, 5.41) is 9.15. The van der Waals surface area contributed by atoms with Gasteiger partial charge in [0.25, 0.3) is 5.97 Å². The van der Waals surface area contributed by atoms with Crippen molar-refractivity contribution in [1.82, 2.24) is 0 Å². The minimum atomic E-state index is -6.29. The molecule has 0 heterocycles. The van der Waals surface area contributed by atoms with Gasteiger partial charge in [-0.25, -0.2) is 16.8 Å². The van der Waals surface area contributed by atoms with E-state index in [0.717, 1.165) is 12.1 Å². The van der Waals surface area contributed by atoms with E-state index in [9.17, 15) is 39.6 Å². The number of carbonyl (C=O) groups is 2. The van der Waals surface area contributed by atoms with Crippen molar-refractivity contribution >= 4 is 40.5 Å². The molecular formula is C29H57F3LiNO10S2Si. The molecule has 3 atom stereocenters. The Morgan fingerprint density at radius 3 is 1.79 bits per heavy atom. The molecule has 1 rings (SSSR count). The number of aliphatic hydroxyl groups is 1. The molecule has 0 saturated carbocycles. The van der Waals surface area contributed by atoms with Crippen LogP contribution in [0, 0.1) is 10.8 Å². The molecule has 276 valence electrons. The number of alkyl halides is 3. The van der Waals surface area contributed by atoms with Crippen molar-refractivity contribution < 1.29 is 77.2 Å². The molecule has 0 radical (unpaired) electrons. The van der Waals surface area contributed by atoms with Crippen LogP contribution in [0.4, 0.5) is 13.2 Å². The van der Waals surface area contributed by atoms with Crippen LogP contribution in [0.25, 0.3) is 4.13 Å². The van der Waals surface area contributed by atoms with Crippen LogP contribution in [0.5, 0.6) is 0 Å². The zero-order chi connectivity index (χ0) is 32.1. The van der Waals surface area contributed by atoms with Gasteiger partial charge in [-0.1, -0.05) is 63.1 Å². The van der Waals surface area contributed by atoms with E-state index in [4.69, 9.17) is 18.7 Å². The summed E-state index contributed by atoms with van der Waals surface area (Å²) >= 11 is 0. The number of halogens is 3. The van der Waals surface area contributed by atoms with Crippen molar-refractivity contribution in [2.45, 2.75) is 114 Å². The molecule has 47 heavy (non-hydrogen) atoms. The fraction of sp³-hybridized carbons (Fsp3) is 0.724. The minimum Gasteiger partial charge on any atom is -0.494 e. The van der Waals surface area contributed by atoms with Gasteiger partial charge in [0.05, 0.1) is 17.4 Å². The molecule has 0 aliphatic rings. The zero-order valence-electron chi connectivity index (χ0n) is 24.9. The summed E-state index contributed by atoms with van der Waals surface area (Å²) in [7, 11) is -12.8. The van der Waals surface area contributed by atoms with Crippen molar-refractivity contribution in [2.24, 2.45) is 10.8 Å². The maximum absolute atomic E-state index is 13.2. The van der Waals surface area contributed by atoms with Gasteiger partial charge in [-0.15, -0.1) is 0 Å². The molecule has 0 aliphatic heterocycles. The molecule has 0 aliphatic carbocycles. The Morgan fingerprint density at radius 1 is 0.936 bits per heavy atom. The third kappa shape index (κ3) is 15.8. The van der Waals surface area contributed by atoms with Crippen LogP contribution < -0.4 is 18.9 Å². The first kappa shape index (κ1) is 57.8. The van der Waals surface area contributed by atoms with E-state index in [-0.39, 0.29) is 75.4 Å². The molecule has 1 N–H and O–H groups in total. The summed E-state index contributed by atoms with van der Waals surface area (Å²) in [5.74, 6) is -1.74. The van der Waals surface area contributed by atoms with Crippen molar-refractivity contribution in [2.75, 3.05) is 20.3 Å². The standard InChI is InChI=1S/C24H37F3NO10S2Si.5CH4.Li/c1-8-22(3,21(31)38-41(6,7)36-5)16-23(4,20(30)37-14-13-29)15-17(2)18-9-11-19(12-10-18)39(32,33)28-40(34,35)24(25,26)27;;;;;;/h9-12,17,29H,8,13-16H2,1-7H3;5*1H4;/q-1;;;;;;+1. The van der Waals surface area contributed by atoms with E-state index in [0.29, 0.717) is 12.0 Å². The smallest absolute Gasteiger partial charge is 0.494 e. The van der Waals surface area contributed by atoms with Crippen LogP contribution in [-0.4, -0.2) is 68.3 Å². The van der Waals surface area contributed by atoms with Crippen molar-refractivity contribution in [3.8, 4) is 0 Å². The van der Waals surface area contributed by atoms with Crippen LogP contribution in [-0.2, 0) is 43.2 Å². The van der Waals surface area contributed by atoms with Gasteiger partial charge in [0.15, 0.2) is 10.0 Å². The second kappa shape index (κ2) is 21.6. The van der Waals surface area contributed by atoms with Crippen molar-refractivity contribution in [3.63, 3.8) is 0 Å². The number of aliphatic hydroxyl groups excluding tert-OH is 1. The summed E-state index contributed by atoms with van der Waals surface area (Å²) in [6.45, 7) is 9.36. The van der Waals surface area contributed by atoms with Crippen LogP contribution in [0.1, 0.15) is 95.6 Å². The normalized spacial score (nSPS) is 14.6. The zero-order valence-corrected chi connectivity index (χ0v) is 27.6. The second-order valence-corrected chi connectivity index (χ2v) is 17.5. The summed E-state index contributed by atoms with van der Waals surface area (Å²) in [4.78, 5) is 25.6. The number of hydrogen-bond donors (Lipinski definition) is 1. The molecular weight excluding hydrogens is 678 g/mol. The van der Waals surface area contributed by atoms with E-state index < -0.39 is 74.3 Å². The van der Waals surface area contributed by atoms with Crippen LogP contribution >= 0.6 is 0 Å². The molecule has 1 aromatic rings. The summed E-state index contributed by atoms with van der Waals surface area (Å²) in [5.41, 5.74) is -7.88. The maximum Gasteiger partial charge on any atom is 1.00 e. The molecule has 11 nitrogen and oxygen atoms in total. The van der Waals surface area contributed by atoms with E-state index in [2.05, 4.69) is 4.13 Å². The molecule has 18 heteroatoms. The van der Waals surface area contributed by atoms with E-state index in [1.807, 2.05) is 0 Å². The molecule has 3 unspecified atom stereocenters.